The summed E-state index contributed by atoms with van der Waals surface area (Å²) in [6, 6.07) is 36.2. The predicted octanol–water partition coefficient (Wildman–Crippen LogP) is 7.31. The third-order valence-electron chi connectivity index (χ3n) is 8.08. The maximum atomic E-state index is 2.51. The van der Waals surface area contributed by atoms with Gasteiger partial charge in [-0.05, 0) is 116 Å². The van der Waals surface area contributed by atoms with Crippen LogP contribution in [-0.4, -0.2) is 6.71 Å². The van der Waals surface area contributed by atoms with Crippen molar-refractivity contribution >= 4 is 57.2 Å². The molecule has 5 aromatic carbocycles. The van der Waals surface area contributed by atoms with E-state index in [9.17, 15) is 0 Å². The van der Waals surface area contributed by atoms with Gasteiger partial charge < -0.3 is 9.80 Å². The zero-order chi connectivity index (χ0) is 26.1. The third kappa shape index (κ3) is 3.35. The lowest BCUT2D eigenvalue weighted by atomic mass is 9.32. The number of benzene rings is 5. The fourth-order valence-corrected chi connectivity index (χ4v) is 6.78. The fourth-order valence-electron chi connectivity index (χ4n) is 6.78. The molecular weight excluding hydrogens is 459 g/mol. The first kappa shape index (κ1) is 22.9. The molecule has 5 aromatic rings. The molecule has 2 heterocycles. The summed E-state index contributed by atoms with van der Waals surface area (Å²) in [6.07, 6.45) is 0. The van der Waals surface area contributed by atoms with Crippen LogP contribution in [-0.2, 0) is 0 Å². The number of hydrogen-bond acceptors (Lipinski definition) is 2. The molecule has 0 amide bonds. The molecule has 38 heavy (non-hydrogen) atoms. The van der Waals surface area contributed by atoms with Gasteiger partial charge in [0.1, 0.15) is 0 Å². The van der Waals surface area contributed by atoms with Crippen LogP contribution >= 0.6 is 0 Å². The van der Waals surface area contributed by atoms with Crippen LogP contribution in [0.1, 0.15) is 27.8 Å². The Hall–Kier alpha value is -4.24. The van der Waals surface area contributed by atoms with E-state index >= 15 is 0 Å². The Morgan fingerprint density at radius 3 is 1.82 bits per heavy atom. The largest absolute Gasteiger partial charge is 0.311 e. The van der Waals surface area contributed by atoms with E-state index in [1.165, 1.54) is 78.3 Å². The summed E-state index contributed by atoms with van der Waals surface area (Å²) < 4.78 is 0. The lowest BCUT2D eigenvalue weighted by Crippen LogP contribution is -2.62. The Labute approximate surface area is 226 Å². The van der Waals surface area contributed by atoms with Crippen molar-refractivity contribution in [1.82, 2.24) is 0 Å². The van der Waals surface area contributed by atoms with E-state index in [0.29, 0.717) is 0 Å². The average molecular weight is 490 g/mol. The van der Waals surface area contributed by atoms with E-state index in [0.717, 1.165) is 0 Å². The first-order valence-corrected chi connectivity index (χ1v) is 13.5. The highest BCUT2D eigenvalue weighted by Crippen LogP contribution is 2.44. The minimum Gasteiger partial charge on any atom is -0.311 e. The second-order valence-corrected chi connectivity index (χ2v) is 11.1. The first-order chi connectivity index (χ1) is 18.4. The van der Waals surface area contributed by atoms with Gasteiger partial charge in [-0.2, -0.15) is 0 Å². The Kier molecular flexibility index (Phi) is 5.06. The zero-order valence-electron chi connectivity index (χ0n) is 22.7. The molecule has 7 rings (SSSR count). The lowest BCUT2D eigenvalue weighted by molar-refractivity contribution is 1.22. The molecule has 2 aliphatic heterocycles. The molecule has 0 atom stereocenters. The van der Waals surface area contributed by atoms with Crippen LogP contribution in [0.3, 0.4) is 0 Å². The molecule has 0 aromatic heterocycles. The molecule has 0 N–H and O–H groups in total. The topological polar surface area (TPSA) is 6.48 Å². The fraction of sp³-hybridized carbons (Fsp3) is 0.143. The van der Waals surface area contributed by atoms with Gasteiger partial charge in [0, 0.05) is 34.1 Å². The molecule has 0 bridgehead atoms. The highest BCUT2D eigenvalue weighted by molar-refractivity contribution is 7.00. The monoisotopic (exact) mass is 490 g/mol. The van der Waals surface area contributed by atoms with Gasteiger partial charge >= 0.3 is 0 Å². The third-order valence-corrected chi connectivity index (χ3v) is 8.08. The summed E-state index contributed by atoms with van der Waals surface area (Å²) in [5.41, 5.74) is 18.2. The number of aryl methyl sites for hydroxylation is 5. The van der Waals surface area contributed by atoms with Gasteiger partial charge in [-0.25, -0.2) is 0 Å². The first-order valence-electron chi connectivity index (χ1n) is 13.5. The molecule has 0 spiro atoms. The second kappa shape index (κ2) is 8.39. The highest BCUT2D eigenvalue weighted by atomic mass is 15.2. The number of nitrogens with zero attached hydrogens (tertiary/aromatic N) is 2. The van der Waals surface area contributed by atoms with Gasteiger partial charge in [-0.1, -0.05) is 59.7 Å². The van der Waals surface area contributed by atoms with Crippen molar-refractivity contribution in [3.8, 4) is 0 Å². The van der Waals surface area contributed by atoms with E-state index in [1.807, 2.05) is 0 Å². The Morgan fingerprint density at radius 1 is 0.447 bits per heavy atom. The van der Waals surface area contributed by atoms with Crippen molar-refractivity contribution < 1.29 is 0 Å². The molecule has 3 heteroatoms. The van der Waals surface area contributed by atoms with Crippen LogP contribution in [0.15, 0.2) is 97.1 Å². The molecule has 184 valence electrons. The molecule has 0 aliphatic carbocycles. The van der Waals surface area contributed by atoms with Crippen molar-refractivity contribution in [2.45, 2.75) is 34.6 Å². The van der Waals surface area contributed by atoms with Crippen LogP contribution in [0.25, 0.3) is 0 Å². The molecule has 0 saturated carbocycles. The zero-order valence-corrected chi connectivity index (χ0v) is 22.7. The second-order valence-electron chi connectivity index (χ2n) is 11.1. The van der Waals surface area contributed by atoms with Crippen molar-refractivity contribution in [3.63, 3.8) is 0 Å². The van der Waals surface area contributed by atoms with Crippen molar-refractivity contribution in [2.24, 2.45) is 0 Å². The number of hydrogen-bond donors (Lipinski definition) is 0. The Morgan fingerprint density at radius 2 is 1.11 bits per heavy atom. The van der Waals surface area contributed by atoms with E-state index in [1.54, 1.807) is 0 Å². The van der Waals surface area contributed by atoms with Gasteiger partial charge in [0.2, 0.25) is 0 Å². The van der Waals surface area contributed by atoms with E-state index in [4.69, 9.17) is 0 Å². The molecule has 0 saturated heterocycles. The summed E-state index contributed by atoms with van der Waals surface area (Å²) in [5.74, 6) is 0. The van der Waals surface area contributed by atoms with Crippen LogP contribution in [0.5, 0.6) is 0 Å². The molecule has 2 aliphatic rings. The summed E-state index contributed by atoms with van der Waals surface area (Å²) in [5, 5.41) is 0. The van der Waals surface area contributed by atoms with Gasteiger partial charge in [0.05, 0.1) is 0 Å². The van der Waals surface area contributed by atoms with E-state index in [2.05, 4.69) is 141 Å². The van der Waals surface area contributed by atoms with E-state index in [-0.39, 0.29) is 6.71 Å². The Bertz CT molecular complexity index is 1720. The van der Waals surface area contributed by atoms with E-state index < -0.39 is 0 Å². The molecule has 0 radical (unpaired) electrons. The standard InChI is InChI=1S/C35H31BN2/c1-22-14-15-30-29(20-22)36-34-26(5)17-25(4)21-33(34)38(28-18-23(2)16-24(3)19-28)32-13-9-12-31(35(32)36)37(30)27-10-7-6-8-11-27/h6-21H,1-5H3. The minimum absolute atomic E-state index is 0.175. The SMILES string of the molecule is Cc1cc(C)cc(N2c3cc(C)cc(C)c3B3c4cc(C)ccc4N(c4ccccc4)c4cccc2c43)c1. The van der Waals surface area contributed by atoms with Crippen LogP contribution in [0.4, 0.5) is 34.1 Å². The highest BCUT2D eigenvalue weighted by Gasteiger charge is 2.43. The summed E-state index contributed by atoms with van der Waals surface area (Å²) in [6.45, 7) is 11.3. The number of rotatable bonds is 2. The van der Waals surface area contributed by atoms with Crippen molar-refractivity contribution in [2.75, 3.05) is 9.80 Å². The van der Waals surface area contributed by atoms with Gasteiger partial charge in [-0.3, -0.25) is 0 Å². The number of para-hydroxylation sites is 1. The minimum atomic E-state index is 0.175. The average Bonchev–Trinajstić information content (AvgIpc) is 2.88. The van der Waals surface area contributed by atoms with Crippen LogP contribution < -0.4 is 26.2 Å². The maximum Gasteiger partial charge on any atom is 0.252 e. The van der Waals surface area contributed by atoms with Gasteiger partial charge in [-0.15, -0.1) is 0 Å². The van der Waals surface area contributed by atoms with Gasteiger partial charge in [0.25, 0.3) is 6.71 Å². The smallest absolute Gasteiger partial charge is 0.252 e. The van der Waals surface area contributed by atoms with Crippen LogP contribution in [0, 0.1) is 34.6 Å². The Balaban J connectivity index is 1.61. The van der Waals surface area contributed by atoms with Crippen molar-refractivity contribution in [3.05, 3.63) is 125 Å². The number of fused-ring (bicyclic) bond motifs is 4. The van der Waals surface area contributed by atoms with Crippen molar-refractivity contribution in [1.29, 1.82) is 0 Å². The molecular formula is C35H31BN2. The summed E-state index contributed by atoms with van der Waals surface area (Å²) in [4.78, 5) is 4.97. The van der Waals surface area contributed by atoms with Gasteiger partial charge in [0.15, 0.2) is 0 Å². The quantitative estimate of drug-likeness (QED) is 0.235. The predicted molar refractivity (Wildman–Crippen MR) is 164 cm³/mol. The molecule has 2 nitrogen and oxygen atoms in total. The summed E-state index contributed by atoms with van der Waals surface area (Å²) >= 11 is 0. The normalized spacial score (nSPS) is 13.2. The molecule has 0 fully saturated rings. The number of anilines is 6. The molecule has 0 unspecified atom stereocenters. The lowest BCUT2D eigenvalue weighted by Gasteiger charge is -2.44. The maximum absolute atomic E-state index is 2.51. The summed E-state index contributed by atoms with van der Waals surface area (Å²) in [7, 11) is 0. The van der Waals surface area contributed by atoms with Crippen LogP contribution in [0.2, 0.25) is 0 Å².